The van der Waals surface area contributed by atoms with Gasteiger partial charge >= 0.3 is 18.1 Å². The maximum atomic E-state index is 14.4. The van der Waals surface area contributed by atoms with Crippen LogP contribution in [-0.2, 0) is 60.6 Å². The number of halogens is 2. The largest absolute Gasteiger partial charge is 0.495 e. The molecule has 6 rings (SSSR count). The van der Waals surface area contributed by atoms with Crippen molar-refractivity contribution in [1.29, 1.82) is 0 Å². The van der Waals surface area contributed by atoms with Crippen LogP contribution in [0.1, 0.15) is 142 Å². The highest BCUT2D eigenvalue weighted by atomic mass is 79.9. The fraction of sp³-hybridized carbons (Fsp3) is 0.607. The highest BCUT2D eigenvalue weighted by Gasteiger charge is 2.64. The Bertz CT molecular complexity index is 2730. The lowest BCUT2D eigenvalue weighted by atomic mass is 9.78. The first-order chi connectivity index (χ1) is 38.9. The van der Waals surface area contributed by atoms with E-state index in [2.05, 4.69) is 31.9 Å². The summed E-state index contributed by atoms with van der Waals surface area (Å²) in [5.74, 6) is -2.46. The normalized spacial score (nSPS) is 25.7. The molecule has 19 nitrogen and oxygen atoms in total. The van der Waals surface area contributed by atoms with Crippen LogP contribution in [0.15, 0.2) is 58.6 Å². The quantitative estimate of drug-likeness (QED) is 0.0372. The number of benzene rings is 2. The van der Waals surface area contributed by atoms with E-state index >= 15 is 0 Å². The van der Waals surface area contributed by atoms with E-state index in [9.17, 15) is 43.5 Å². The zero-order valence-electron chi connectivity index (χ0n) is 48.6. The Morgan fingerprint density at radius 3 is 2.38 bits per heavy atom. The summed E-state index contributed by atoms with van der Waals surface area (Å²) < 4.78 is 30.1. The molecule has 5 amide bonds. The number of aliphatic hydroxyl groups is 1. The number of hydrogen-bond donors (Lipinski definition) is 5. The first-order valence-electron chi connectivity index (χ1n) is 28.6. The number of rotatable bonds is 24. The Hall–Kier alpha value is -5.67. The van der Waals surface area contributed by atoms with Crippen molar-refractivity contribution in [2.45, 2.75) is 185 Å². The average Bonchev–Trinajstić information content (AvgIpc) is 3.61. The van der Waals surface area contributed by atoms with Crippen molar-refractivity contribution in [2.24, 2.45) is 29.4 Å². The Kier molecular flexibility index (Phi) is 23.7. The number of anilines is 2. The predicted octanol–water partition coefficient (Wildman–Crippen LogP) is 9.37. The number of nitrogens with two attached hydrogens (primary N) is 1. The lowest BCUT2D eigenvalue weighted by Gasteiger charge is -2.41. The molecule has 1 aliphatic carbocycles. The lowest BCUT2D eigenvalue weighted by molar-refractivity contribution is -0.187. The van der Waals surface area contributed by atoms with Crippen molar-refractivity contribution >= 4 is 86.2 Å². The summed E-state index contributed by atoms with van der Waals surface area (Å²) in [6.07, 6.45) is 8.00. The van der Waals surface area contributed by atoms with E-state index in [1.54, 1.807) is 63.4 Å². The van der Waals surface area contributed by atoms with Gasteiger partial charge in [0.25, 0.3) is 0 Å². The van der Waals surface area contributed by atoms with Crippen molar-refractivity contribution in [3.8, 4) is 5.75 Å². The summed E-state index contributed by atoms with van der Waals surface area (Å²) in [4.78, 5) is 108. The number of nitrogens with zero attached hydrogens (tertiary/aromatic N) is 1. The highest BCUT2D eigenvalue weighted by Crippen LogP contribution is 2.50. The summed E-state index contributed by atoms with van der Waals surface area (Å²) in [5, 5.41) is 20.4. The molecule has 450 valence electrons. The summed E-state index contributed by atoms with van der Waals surface area (Å²) >= 11 is 10.4. The van der Waals surface area contributed by atoms with E-state index < -0.39 is 83.4 Å². The van der Waals surface area contributed by atoms with Crippen LogP contribution in [0.2, 0.25) is 5.02 Å². The van der Waals surface area contributed by atoms with Crippen LogP contribution in [0.5, 0.6) is 5.75 Å². The predicted molar refractivity (Wildman–Crippen MR) is 313 cm³/mol. The SMILES string of the molecule is COc1cc2cc(c1Cl)N(C)C(=O)C[C@H](OC(=O)Nc1ccc(CC(=O)[C@H](CCCNC(N)=O)NC(=O)[C@@H](CC(=O)CCCCCCC(=O)C3CCC3)C(C)C)c(Br)c1)[C@]1(C)O[C@H]1[C@H](C)[C@@H]1C[C@@](O)(CC(=O)O1)[C@H](OC)/C=C/C=C(\C)C2. The van der Waals surface area contributed by atoms with Gasteiger partial charge in [0.2, 0.25) is 11.8 Å². The van der Waals surface area contributed by atoms with Crippen molar-refractivity contribution < 1.29 is 67.1 Å². The number of hydrogen-bond acceptors (Lipinski definition) is 14. The monoisotopic (exact) mass is 1220 g/mol. The van der Waals surface area contributed by atoms with Crippen LogP contribution in [0.4, 0.5) is 21.0 Å². The maximum Gasteiger partial charge on any atom is 0.412 e. The summed E-state index contributed by atoms with van der Waals surface area (Å²) in [6, 6.07) is 6.63. The fourth-order valence-corrected chi connectivity index (χ4v) is 12.0. The van der Waals surface area contributed by atoms with E-state index in [1.165, 1.54) is 19.1 Å². The molecule has 82 heavy (non-hydrogen) atoms. The van der Waals surface area contributed by atoms with Crippen LogP contribution in [0.3, 0.4) is 0 Å². The molecule has 2 aromatic rings. The summed E-state index contributed by atoms with van der Waals surface area (Å²) in [5.41, 5.74) is 5.19. The number of carbonyl (C=O) groups is 8. The Labute approximate surface area is 495 Å². The summed E-state index contributed by atoms with van der Waals surface area (Å²) in [7, 11) is 4.49. The number of Topliss-reactive ketones (excluding diaryl/α,β-unsaturated/α-hetero) is 3. The highest BCUT2D eigenvalue weighted by molar-refractivity contribution is 9.10. The second-order valence-corrected chi connectivity index (χ2v) is 24.4. The number of epoxide rings is 1. The second-order valence-electron chi connectivity index (χ2n) is 23.2. The number of amides is 5. The molecule has 4 aliphatic rings. The van der Waals surface area contributed by atoms with E-state index in [0.717, 1.165) is 49.7 Å². The zero-order chi connectivity index (χ0) is 60.1. The molecule has 0 spiro atoms. The molecule has 4 bridgehead atoms. The number of fused-ring (bicyclic) bond motifs is 5. The molecule has 9 atom stereocenters. The average molecular weight is 1230 g/mol. The van der Waals surface area contributed by atoms with Gasteiger partial charge in [-0.1, -0.05) is 97.4 Å². The van der Waals surface area contributed by atoms with Gasteiger partial charge in [-0.05, 0) is 100 Å². The Morgan fingerprint density at radius 1 is 1.01 bits per heavy atom. The van der Waals surface area contributed by atoms with E-state index in [4.69, 9.17) is 41.0 Å². The van der Waals surface area contributed by atoms with Crippen molar-refractivity contribution in [3.63, 3.8) is 0 Å². The number of urea groups is 1. The van der Waals surface area contributed by atoms with Crippen molar-refractivity contribution in [3.05, 3.63) is 74.8 Å². The molecular weight excluding hydrogens is 1140 g/mol. The molecule has 3 aliphatic heterocycles. The van der Waals surface area contributed by atoms with Gasteiger partial charge in [-0.3, -0.25) is 34.1 Å². The van der Waals surface area contributed by atoms with Gasteiger partial charge in [0.1, 0.15) is 51.9 Å². The number of ketones is 3. The van der Waals surface area contributed by atoms with Gasteiger partial charge in [0, 0.05) is 80.7 Å². The Morgan fingerprint density at radius 2 is 1.73 bits per heavy atom. The van der Waals surface area contributed by atoms with Crippen LogP contribution in [0, 0.1) is 23.7 Å². The standard InChI is InChI=1S/C61H83BrClN5O14/c1-35(2)43(31-42(69)19-11-9-10-12-21-47(70)39-17-14-18-39)57(74)67-45(20-15-25-65-58(64)75)48(71)29-40-23-24-41(30-44(40)62)66-59(76)81-52-32-53(72)68(6)46-27-38(28-49(78-7)55(46)63)26-36(3)16-13-22-51(79-8)61(77)33-50(80-54(73)34-61)37(4)56-60(52,5)82-56/h13,16,22-24,27-28,30,35,37,39,43,45,50-52,56,77H,9-12,14-15,17-21,25-26,29,31-34H2,1-8H3,(H,66,76)(H,67,74)(H3,64,65,75)/b22-13+,36-16+/t37-,43+,45+,50+,51-,52+,56+,60+,61-/m1/s1. The smallest absolute Gasteiger partial charge is 0.412 e. The van der Waals surface area contributed by atoms with Crippen LogP contribution in [0.25, 0.3) is 0 Å². The lowest BCUT2D eigenvalue weighted by Crippen LogP contribution is -2.53. The molecule has 0 aromatic heterocycles. The Balaban J connectivity index is 1.15. The first kappa shape index (κ1) is 65.5. The fourth-order valence-electron chi connectivity index (χ4n) is 11.2. The van der Waals surface area contributed by atoms with Crippen molar-refractivity contribution in [1.82, 2.24) is 10.6 Å². The molecule has 2 aromatic carbocycles. The van der Waals surface area contributed by atoms with Crippen LogP contribution < -0.4 is 31.3 Å². The number of allylic oxidation sites excluding steroid dienone is 3. The molecular formula is C61H83BrClN5O14. The number of carbonyl (C=O) groups excluding carboxylic acids is 8. The minimum Gasteiger partial charge on any atom is -0.495 e. The van der Waals surface area contributed by atoms with Crippen LogP contribution in [-0.4, -0.2) is 122 Å². The number of nitrogens with one attached hydrogen (secondary N) is 3. The second kappa shape index (κ2) is 29.7. The third-order valence-corrected chi connectivity index (χ3v) is 17.7. The molecule has 3 heterocycles. The van der Waals surface area contributed by atoms with Gasteiger partial charge < -0.3 is 50.1 Å². The maximum absolute atomic E-state index is 14.4. The number of ether oxygens (including phenoxy) is 5. The van der Waals surface area contributed by atoms with E-state index in [-0.39, 0.29) is 79.2 Å². The molecule has 0 unspecified atom stereocenters. The minimum atomic E-state index is -1.64. The molecule has 3 fully saturated rings. The van der Waals surface area contributed by atoms with Gasteiger partial charge in [-0.15, -0.1) is 0 Å². The van der Waals surface area contributed by atoms with Gasteiger partial charge in [-0.2, -0.15) is 0 Å². The van der Waals surface area contributed by atoms with Gasteiger partial charge in [0.05, 0.1) is 37.8 Å². The summed E-state index contributed by atoms with van der Waals surface area (Å²) in [6.45, 7) is 9.29. The molecule has 0 radical (unpaired) electrons. The molecule has 2 saturated heterocycles. The zero-order valence-corrected chi connectivity index (χ0v) is 50.9. The third-order valence-electron chi connectivity index (χ3n) is 16.6. The van der Waals surface area contributed by atoms with E-state index in [1.807, 2.05) is 26.8 Å². The number of unbranched alkanes of at least 4 members (excludes halogenated alkanes) is 3. The minimum absolute atomic E-state index is 0.00750. The van der Waals surface area contributed by atoms with Crippen LogP contribution >= 0.6 is 27.5 Å². The molecule has 1 saturated carbocycles. The van der Waals surface area contributed by atoms with Gasteiger partial charge in [0.15, 0.2) is 5.78 Å². The first-order valence-corrected chi connectivity index (χ1v) is 29.8. The number of methoxy groups -OCH3 is 2. The molecule has 6 N–H and O–H groups in total. The molecule has 21 heteroatoms. The number of primary amides is 1. The topological polar surface area (TPSA) is 272 Å². The van der Waals surface area contributed by atoms with E-state index in [0.29, 0.717) is 59.4 Å². The number of esters is 1. The van der Waals surface area contributed by atoms with Gasteiger partial charge in [-0.25, -0.2) is 9.59 Å². The van der Waals surface area contributed by atoms with Crippen molar-refractivity contribution in [2.75, 3.05) is 38.0 Å². The third kappa shape index (κ3) is 17.7.